The van der Waals surface area contributed by atoms with Gasteiger partial charge in [-0.15, -0.1) is 5.10 Å². The number of rotatable bonds is 4. The number of carbonyl (C=O) groups is 1. The molecule has 0 radical (unpaired) electrons. The predicted octanol–water partition coefficient (Wildman–Crippen LogP) is 3.00. The summed E-state index contributed by atoms with van der Waals surface area (Å²) in [5.41, 5.74) is 9.35. The second-order valence-electron chi connectivity index (χ2n) is 8.84. The molecule has 6 aromatic rings. The van der Waals surface area contributed by atoms with E-state index in [1.807, 2.05) is 48.7 Å². The van der Waals surface area contributed by atoms with Crippen molar-refractivity contribution in [2.45, 2.75) is 13.0 Å². The van der Waals surface area contributed by atoms with Crippen LogP contribution in [0.25, 0.3) is 16.9 Å². The molecular weight excluding hydrogens is 492 g/mol. The van der Waals surface area contributed by atoms with Gasteiger partial charge in [0, 0.05) is 48.4 Å². The lowest BCUT2D eigenvalue weighted by Crippen LogP contribution is -2.33. The molecule has 0 aliphatic heterocycles. The highest BCUT2D eigenvalue weighted by Gasteiger charge is 2.24. The summed E-state index contributed by atoms with van der Waals surface area (Å²) in [4.78, 5) is 35.6. The molecular formula is C29H22N8O2. The number of nitrogens with zero attached hydrogens (tertiary/aromatic N) is 6. The highest BCUT2D eigenvalue weighted by Crippen LogP contribution is 2.21. The molecule has 10 nitrogen and oxygen atoms in total. The van der Waals surface area contributed by atoms with Crippen molar-refractivity contribution in [1.82, 2.24) is 33.9 Å². The second kappa shape index (κ2) is 9.64. The Labute approximate surface area is 222 Å². The summed E-state index contributed by atoms with van der Waals surface area (Å²) in [5, 5.41) is 7.14. The van der Waals surface area contributed by atoms with Crippen LogP contribution < -0.4 is 16.6 Å². The Bertz CT molecular complexity index is 1960. The number of para-hydroxylation sites is 1. The Kier molecular flexibility index (Phi) is 5.86. The monoisotopic (exact) mass is 514 g/mol. The van der Waals surface area contributed by atoms with E-state index in [4.69, 9.17) is 5.73 Å². The van der Waals surface area contributed by atoms with Gasteiger partial charge in [0.15, 0.2) is 11.5 Å². The van der Waals surface area contributed by atoms with E-state index in [9.17, 15) is 9.59 Å². The molecule has 6 rings (SSSR count). The van der Waals surface area contributed by atoms with Gasteiger partial charge < -0.3 is 15.5 Å². The number of nitrogens with two attached hydrogens (primary N) is 1. The van der Waals surface area contributed by atoms with E-state index < -0.39 is 11.9 Å². The lowest BCUT2D eigenvalue weighted by molar-refractivity contribution is 0.0941. The van der Waals surface area contributed by atoms with Gasteiger partial charge in [-0.3, -0.25) is 19.1 Å². The molecule has 5 aromatic heterocycles. The predicted molar refractivity (Wildman–Crippen MR) is 146 cm³/mol. The van der Waals surface area contributed by atoms with E-state index in [2.05, 4.69) is 32.2 Å². The van der Waals surface area contributed by atoms with Crippen LogP contribution in [0.1, 0.15) is 40.1 Å². The van der Waals surface area contributed by atoms with Crippen molar-refractivity contribution in [2.75, 3.05) is 5.73 Å². The molecule has 190 valence electrons. The minimum atomic E-state index is -0.582. The number of amides is 1. The summed E-state index contributed by atoms with van der Waals surface area (Å²) < 4.78 is 4.78. The third-order valence-corrected chi connectivity index (χ3v) is 6.33. The van der Waals surface area contributed by atoms with Crippen LogP contribution in [0.2, 0.25) is 0 Å². The van der Waals surface area contributed by atoms with Crippen LogP contribution in [0.5, 0.6) is 0 Å². The van der Waals surface area contributed by atoms with E-state index in [1.165, 1.54) is 4.52 Å². The van der Waals surface area contributed by atoms with Gasteiger partial charge in [0.05, 0.1) is 17.3 Å². The molecule has 1 amide bonds. The van der Waals surface area contributed by atoms with Crippen molar-refractivity contribution in [2.24, 2.45) is 0 Å². The molecule has 0 saturated heterocycles. The van der Waals surface area contributed by atoms with Crippen LogP contribution in [-0.2, 0) is 0 Å². The Hall–Kier alpha value is -5.69. The Morgan fingerprint density at radius 3 is 2.59 bits per heavy atom. The minimum Gasteiger partial charge on any atom is -0.381 e. The Balaban J connectivity index is 1.45. The first-order chi connectivity index (χ1) is 19.0. The fourth-order valence-electron chi connectivity index (χ4n) is 4.49. The summed E-state index contributed by atoms with van der Waals surface area (Å²) in [5.74, 6) is 5.82. The first kappa shape index (κ1) is 23.7. The number of nitrogen functional groups attached to an aromatic ring is 1. The van der Waals surface area contributed by atoms with Crippen LogP contribution >= 0.6 is 0 Å². The van der Waals surface area contributed by atoms with Crippen molar-refractivity contribution < 1.29 is 4.79 Å². The number of carbonyl (C=O) groups excluding carboxylic acids is 1. The fraction of sp³-hybridized carbons (Fsp3) is 0.0690. The highest BCUT2D eigenvalue weighted by atomic mass is 16.2. The average molecular weight is 515 g/mol. The quantitative estimate of drug-likeness (QED) is 0.349. The minimum absolute atomic E-state index is 0.0668. The maximum atomic E-state index is 14.0. The molecule has 0 unspecified atom stereocenters. The number of pyridine rings is 1. The summed E-state index contributed by atoms with van der Waals surface area (Å²) >= 11 is 0. The summed E-state index contributed by atoms with van der Waals surface area (Å²) in [7, 11) is 0. The summed E-state index contributed by atoms with van der Waals surface area (Å²) in [6, 6.07) is 15.8. The van der Waals surface area contributed by atoms with Crippen LogP contribution in [0, 0.1) is 11.8 Å². The van der Waals surface area contributed by atoms with E-state index in [0.717, 1.165) is 5.56 Å². The molecule has 0 aliphatic carbocycles. The van der Waals surface area contributed by atoms with Crippen LogP contribution in [-0.4, -0.2) is 34.5 Å². The number of fused-ring (bicyclic) bond motifs is 2. The van der Waals surface area contributed by atoms with Crippen molar-refractivity contribution in [3.63, 3.8) is 0 Å². The zero-order valence-electron chi connectivity index (χ0n) is 20.8. The molecule has 0 spiro atoms. The lowest BCUT2D eigenvalue weighted by atomic mass is 10.1. The maximum absolute atomic E-state index is 14.0. The standard InChI is InChI=1S/C29H22N8O2/c1-19(33-28(38)24-26(30)34-36-16-5-13-32-27(24)36)23-18-35-17-12-21(9-8-20-10-14-31-15-11-20)25(35)29(39)37(23)22-6-3-2-4-7-22/h2-7,10-19H,1H3,(H2,30,34)(H,33,38)/t19-/m1/s1. The normalized spacial score (nSPS) is 11.7. The Morgan fingerprint density at radius 2 is 1.79 bits per heavy atom. The van der Waals surface area contributed by atoms with Crippen LogP contribution in [0.15, 0.2) is 96.6 Å². The van der Waals surface area contributed by atoms with E-state index in [0.29, 0.717) is 28.1 Å². The number of aromatic nitrogens is 6. The Morgan fingerprint density at radius 1 is 1.00 bits per heavy atom. The van der Waals surface area contributed by atoms with Crippen LogP contribution in [0.3, 0.4) is 0 Å². The van der Waals surface area contributed by atoms with Gasteiger partial charge in [-0.2, -0.15) is 0 Å². The zero-order valence-corrected chi connectivity index (χ0v) is 20.8. The van der Waals surface area contributed by atoms with E-state index in [1.54, 1.807) is 59.0 Å². The van der Waals surface area contributed by atoms with Gasteiger partial charge in [-0.1, -0.05) is 30.0 Å². The SMILES string of the molecule is C[C@@H](NC(=O)c1c(N)nn2cccnc12)c1cn2ccc(C#Cc3ccncc3)c2c(=O)n1-c1ccccc1. The molecule has 0 bridgehead atoms. The van der Waals surface area contributed by atoms with Crippen molar-refractivity contribution in [1.29, 1.82) is 0 Å². The van der Waals surface area contributed by atoms with Crippen molar-refractivity contribution >= 4 is 22.9 Å². The van der Waals surface area contributed by atoms with Gasteiger partial charge in [-0.05, 0) is 43.3 Å². The average Bonchev–Trinajstić information content (AvgIpc) is 3.52. The number of nitrogens with one attached hydrogen (secondary N) is 1. The smallest absolute Gasteiger partial charge is 0.280 e. The molecule has 3 N–H and O–H groups in total. The third-order valence-electron chi connectivity index (χ3n) is 6.33. The second-order valence-corrected chi connectivity index (χ2v) is 8.84. The topological polar surface area (TPSA) is 125 Å². The van der Waals surface area contributed by atoms with E-state index in [-0.39, 0.29) is 16.9 Å². The maximum Gasteiger partial charge on any atom is 0.280 e. The van der Waals surface area contributed by atoms with Crippen LogP contribution in [0.4, 0.5) is 5.82 Å². The number of anilines is 1. The fourth-order valence-corrected chi connectivity index (χ4v) is 4.49. The number of hydrogen-bond acceptors (Lipinski definition) is 6. The van der Waals surface area contributed by atoms with Gasteiger partial charge >= 0.3 is 0 Å². The first-order valence-corrected chi connectivity index (χ1v) is 12.1. The molecule has 1 atom stereocenters. The molecule has 39 heavy (non-hydrogen) atoms. The molecule has 0 fully saturated rings. The number of hydrogen-bond donors (Lipinski definition) is 2. The summed E-state index contributed by atoms with van der Waals surface area (Å²) in [6.45, 7) is 1.81. The van der Waals surface area contributed by atoms with Crippen molar-refractivity contribution in [3.8, 4) is 17.5 Å². The molecule has 1 aromatic carbocycles. The molecule has 0 aliphatic rings. The largest absolute Gasteiger partial charge is 0.381 e. The first-order valence-electron chi connectivity index (χ1n) is 12.1. The summed E-state index contributed by atoms with van der Waals surface area (Å²) in [6.07, 6.45) is 10.2. The third kappa shape index (κ3) is 4.28. The van der Waals surface area contributed by atoms with E-state index >= 15 is 0 Å². The van der Waals surface area contributed by atoms with Gasteiger partial charge in [-0.25, -0.2) is 9.50 Å². The van der Waals surface area contributed by atoms with Crippen molar-refractivity contribution in [3.05, 3.63) is 125 Å². The number of benzene rings is 1. The van der Waals surface area contributed by atoms with Gasteiger partial charge in [0.2, 0.25) is 0 Å². The van der Waals surface area contributed by atoms with Gasteiger partial charge in [0.1, 0.15) is 11.1 Å². The zero-order chi connectivity index (χ0) is 26.9. The molecule has 5 heterocycles. The molecule has 10 heteroatoms. The van der Waals surface area contributed by atoms with Gasteiger partial charge in [0.25, 0.3) is 11.5 Å². The molecule has 0 saturated carbocycles. The highest BCUT2D eigenvalue weighted by molar-refractivity contribution is 6.04. The lowest BCUT2D eigenvalue weighted by Gasteiger charge is -2.20.